The number of hydrogen-bond acceptors (Lipinski definition) is 1. The van der Waals surface area contributed by atoms with Gasteiger partial charge in [0.2, 0.25) is 0 Å². The predicted octanol–water partition coefficient (Wildman–Crippen LogP) is -0.394. The maximum atomic E-state index is 5.57. The van der Waals surface area contributed by atoms with Gasteiger partial charge in [0, 0.05) is 0 Å². The Morgan fingerprint density at radius 2 is 1.87 bits per heavy atom. The molecule has 2 rings (SSSR count). The fraction of sp³-hybridized carbons (Fsp3) is 0.182. The van der Waals surface area contributed by atoms with E-state index in [0.717, 1.165) is 17.1 Å². The van der Waals surface area contributed by atoms with Crippen LogP contribution in [-0.4, -0.2) is 22.0 Å². The van der Waals surface area contributed by atoms with Crippen molar-refractivity contribution in [2.45, 2.75) is 6.92 Å². The smallest absolute Gasteiger partial charge is 1.00 e. The molecule has 0 saturated heterocycles. The third kappa shape index (κ3) is 2.85. The molecule has 0 aliphatic carbocycles. The Balaban J connectivity index is 0.00000112. The molecular formula is C11H11ClO2Se. The van der Waals surface area contributed by atoms with Crippen LogP contribution in [0.3, 0.4) is 0 Å². The molecule has 0 radical (unpaired) electrons. The average Bonchev–Trinajstić information content (AvgIpc) is 2.65. The zero-order valence-corrected chi connectivity index (χ0v) is 11.0. The molecule has 1 heterocycles. The molecule has 0 N–H and O–H groups in total. The van der Waals surface area contributed by atoms with Crippen LogP contribution < -0.4 is 17.1 Å². The molecule has 0 unspecified atom stereocenters. The van der Waals surface area contributed by atoms with Crippen LogP contribution in [0, 0.1) is 6.92 Å². The largest absolute Gasteiger partial charge is 1.00 e. The van der Waals surface area contributed by atoms with E-state index in [1.54, 1.807) is 7.11 Å². The summed E-state index contributed by atoms with van der Waals surface area (Å²) in [7, 11) is 1.67. The molecule has 15 heavy (non-hydrogen) atoms. The first-order valence-electron chi connectivity index (χ1n) is 4.34. The minimum absolute atomic E-state index is 0. The van der Waals surface area contributed by atoms with E-state index in [-0.39, 0.29) is 27.3 Å². The molecular weight excluding hydrogens is 279 g/mol. The summed E-state index contributed by atoms with van der Waals surface area (Å²) in [4.78, 5) is 0. The summed E-state index contributed by atoms with van der Waals surface area (Å²) in [5, 5.41) is 0. The second-order valence-electron chi connectivity index (χ2n) is 3.01. The fourth-order valence-corrected chi connectivity index (χ4v) is 2.32. The number of ether oxygens (including phenoxy) is 1. The molecule has 1 aromatic carbocycles. The Labute approximate surface area is 101 Å². The number of aryl methyl sites for hydroxylation is 1. The van der Waals surface area contributed by atoms with E-state index < -0.39 is 0 Å². The summed E-state index contributed by atoms with van der Waals surface area (Å²) in [6.45, 7) is 2.09. The monoisotopic (exact) mass is 290 g/mol. The van der Waals surface area contributed by atoms with Crippen molar-refractivity contribution in [1.82, 2.24) is 0 Å². The third-order valence-electron chi connectivity index (χ3n) is 1.97. The van der Waals surface area contributed by atoms with Gasteiger partial charge in [0.25, 0.3) is 0 Å². The maximum absolute atomic E-state index is 5.57. The molecule has 2 aromatic rings. The SMILES string of the molecule is COc1ccc(-c2cc(C)[se][o+]2)cc1.[Cl-]. The van der Waals surface area contributed by atoms with Gasteiger partial charge in [-0.05, 0) is 0 Å². The van der Waals surface area contributed by atoms with Crippen LogP contribution >= 0.6 is 0 Å². The van der Waals surface area contributed by atoms with Crippen molar-refractivity contribution in [2.75, 3.05) is 7.11 Å². The van der Waals surface area contributed by atoms with E-state index in [1.807, 2.05) is 24.3 Å². The standard InChI is InChI=1S/C11H11O2Se.ClH/c1-8-7-11(13-14-8)9-3-5-10(12-2)6-4-9;/h3-7H,1-2H3;1H/q+1;/p-1. The van der Waals surface area contributed by atoms with Crippen molar-refractivity contribution < 1.29 is 20.6 Å². The summed E-state index contributed by atoms with van der Waals surface area (Å²) in [5.41, 5.74) is 1.12. The fourth-order valence-electron chi connectivity index (χ4n) is 1.23. The van der Waals surface area contributed by atoms with Crippen molar-refractivity contribution in [3.05, 3.63) is 34.8 Å². The second kappa shape index (κ2) is 5.36. The molecule has 1 aromatic heterocycles. The Morgan fingerprint density at radius 3 is 2.33 bits per heavy atom. The zero-order chi connectivity index (χ0) is 9.97. The van der Waals surface area contributed by atoms with Gasteiger partial charge in [-0.3, -0.25) is 0 Å². The van der Waals surface area contributed by atoms with E-state index in [9.17, 15) is 0 Å². The minimum atomic E-state index is 0. The van der Waals surface area contributed by atoms with E-state index in [4.69, 9.17) is 8.22 Å². The molecule has 0 atom stereocenters. The number of halogens is 1. The Kier molecular flexibility index (Phi) is 4.40. The summed E-state index contributed by atoms with van der Waals surface area (Å²) < 4.78 is 12.0. The van der Waals surface area contributed by atoms with Crippen LogP contribution in [0.5, 0.6) is 5.75 Å². The van der Waals surface area contributed by atoms with Gasteiger partial charge in [0.05, 0.1) is 0 Å². The number of benzene rings is 1. The molecule has 0 aliphatic heterocycles. The molecule has 0 fully saturated rings. The normalized spacial score (nSPS) is 9.47. The molecule has 0 bridgehead atoms. The average molecular weight is 290 g/mol. The molecule has 0 amide bonds. The maximum Gasteiger partial charge on any atom is -1.00 e. The molecule has 0 spiro atoms. The first-order chi connectivity index (χ1) is 6.79. The quantitative estimate of drug-likeness (QED) is 0.554. The van der Waals surface area contributed by atoms with Crippen molar-refractivity contribution in [2.24, 2.45) is 0 Å². The van der Waals surface area contributed by atoms with E-state index in [0.29, 0.717) is 0 Å². The first-order valence-corrected chi connectivity index (χ1v) is 5.89. The van der Waals surface area contributed by atoms with Gasteiger partial charge < -0.3 is 12.4 Å². The van der Waals surface area contributed by atoms with Crippen molar-refractivity contribution in [3.63, 3.8) is 0 Å². The van der Waals surface area contributed by atoms with E-state index in [1.165, 1.54) is 4.44 Å². The second-order valence-corrected chi connectivity index (χ2v) is 5.06. The van der Waals surface area contributed by atoms with E-state index >= 15 is 0 Å². The van der Waals surface area contributed by atoms with Gasteiger partial charge in [0.15, 0.2) is 0 Å². The Morgan fingerprint density at radius 1 is 1.20 bits per heavy atom. The predicted molar refractivity (Wildman–Crippen MR) is 56.8 cm³/mol. The van der Waals surface area contributed by atoms with Crippen LogP contribution in [0.4, 0.5) is 0 Å². The van der Waals surface area contributed by atoms with Crippen molar-refractivity contribution in [1.29, 1.82) is 0 Å². The number of methoxy groups -OCH3 is 1. The molecule has 0 saturated carbocycles. The van der Waals surface area contributed by atoms with Gasteiger partial charge in [-0.15, -0.1) is 0 Å². The van der Waals surface area contributed by atoms with E-state index in [2.05, 4.69) is 13.0 Å². The van der Waals surface area contributed by atoms with Gasteiger partial charge >= 0.3 is 88.9 Å². The van der Waals surface area contributed by atoms with Crippen LogP contribution in [0.2, 0.25) is 0 Å². The Hall–Kier alpha value is -0.761. The minimum Gasteiger partial charge on any atom is -1.00 e. The Bertz CT molecular complexity index is 422. The van der Waals surface area contributed by atoms with Crippen LogP contribution in [0.25, 0.3) is 11.3 Å². The molecule has 80 valence electrons. The third-order valence-corrected chi connectivity index (χ3v) is 3.32. The van der Waals surface area contributed by atoms with Gasteiger partial charge in [0.1, 0.15) is 0 Å². The van der Waals surface area contributed by atoms with Crippen LogP contribution in [0.15, 0.2) is 33.8 Å². The first kappa shape index (κ1) is 12.3. The van der Waals surface area contributed by atoms with Gasteiger partial charge in [-0.2, -0.15) is 0 Å². The topological polar surface area (TPSA) is 20.5 Å². The number of hydrogen-bond donors (Lipinski definition) is 0. The molecule has 0 aliphatic rings. The summed E-state index contributed by atoms with van der Waals surface area (Å²) in [6, 6.07) is 10.0. The number of rotatable bonds is 2. The van der Waals surface area contributed by atoms with Gasteiger partial charge in [-0.1, -0.05) is 0 Å². The molecule has 2 nitrogen and oxygen atoms in total. The zero-order valence-electron chi connectivity index (χ0n) is 8.49. The van der Waals surface area contributed by atoms with Crippen molar-refractivity contribution in [3.8, 4) is 17.1 Å². The molecule has 4 heteroatoms. The summed E-state index contributed by atoms with van der Waals surface area (Å²) in [5.74, 6) is 1.85. The summed E-state index contributed by atoms with van der Waals surface area (Å²) >= 11 is 0.190. The van der Waals surface area contributed by atoms with Crippen molar-refractivity contribution >= 4 is 14.9 Å². The van der Waals surface area contributed by atoms with Crippen LogP contribution in [-0.2, 0) is 0 Å². The van der Waals surface area contributed by atoms with Crippen LogP contribution in [0.1, 0.15) is 4.44 Å². The van der Waals surface area contributed by atoms with Gasteiger partial charge in [-0.25, -0.2) is 0 Å². The summed E-state index contributed by atoms with van der Waals surface area (Å²) in [6.07, 6.45) is 0.